The van der Waals surface area contributed by atoms with E-state index in [-0.39, 0.29) is 22.5 Å². The highest BCUT2D eigenvalue weighted by Gasteiger charge is 2.30. The Bertz CT molecular complexity index is 1230. The van der Waals surface area contributed by atoms with Crippen LogP contribution in [0.5, 0.6) is 0 Å². The summed E-state index contributed by atoms with van der Waals surface area (Å²) in [5.41, 5.74) is 1.27. The van der Waals surface area contributed by atoms with Gasteiger partial charge in [-0.1, -0.05) is 41.9 Å². The van der Waals surface area contributed by atoms with E-state index < -0.39 is 15.8 Å². The number of carbonyl (C=O) groups is 1. The van der Waals surface area contributed by atoms with Gasteiger partial charge in [0.1, 0.15) is 5.82 Å². The van der Waals surface area contributed by atoms with Crippen molar-refractivity contribution in [2.75, 3.05) is 11.3 Å². The molecule has 1 aliphatic rings. The van der Waals surface area contributed by atoms with Crippen LogP contribution in [0.25, 0.3) is 0 Å². The summed E-state index contributed by atoms with van der Waals surface area (Å²) in [5, 5.41) is 0.684. The van der Waals surface area contributed by atoms with Crippen LogP contribution in [0.15, 0.2) is 77.7 Å². The highest BCUT2D eigenvalue weighted by Crippen LogP contribution is 2.27. The summed E-state index contributed by atoms with van der Waals surface area (Å²) in [4.78, 5) is 14.9. The summed E-state index contributed by atoms with van der Waals surface area (Å²) in [6, 6.07) is 18.9. The Hall–Kier alpha value is -2.90. The fourth-order valence-electron chi connectivity index (χ4n) is 3.92. The van der Waals surface area contributed by atoms with Gasteiger partial charge >= 0.3 is 0 Å². The monoisotopic (exact) mass is 472 g/mol. The molecule has 1 heterocycles. The van der Waals surface area contributed by atoms with Gasteiger partial charge < -0.3 is 4.90 Å². The molecule has 0 radical (unpaired) electrons. The molecule has 8 heteroatoms. The van der Waals surface area contributed by atoms with Crippen molar-refractivity contribution in [2.45, 2.75) is 30.2 Å². The normalized spacial score (nSPS) is 16.2. The Morgan fingerprint density at radius 2 is 1.72 bits per heavy atom. The van der Waals surface area contributed by atoms with E-state index in [1.165, 1.54) is 48.5 Å². The molecule has 1 fully saturated rings. The van der Waals surface area contributed by atoms with Gasteiger partial charge in [-0.05, 0) is 67.3 Å². The van der Waals surface area contributed by atoms with Crippen LogP contribution in [0.1, 0.15) is 28.8 Å². The lowest BCUT2D eigenvalue weighted by molar-refractivity contribution is 0.0736. The summed E-state index contributed by atoms with van der Waals surface area (Å²) >= 11 is 6.29. The lowest BCUT2D eigenvalue weighted by Gasteiger charge is -2.25. The van der Waals surface area contributed by atoms with Gasteiger partial charge in [-0.2, -0.15) is 0 Å². The number of nitrogens with one attached hydrogen (secondary N) is 1. The largest absolute Gasteiger partial charge is 0.335 e. The van der Waals surface area contributed by atoms with Gasteiger partial charge in [0, 0.05) is 23.2 Å². The Labute approximate surface area is 191 Å². The molecule has 0 aromatic heterocycles. The second kappa shape index (κ2) is 9.30. The summed E-state index contributed by atoms with van der Waals surface area (Å²) in [6.45, 7) is 0.642. The van der Waals surface area contributed by atoms with E-state index in [1.807, 2.05) is 29.2 Å². The molecule has 3 aromatic rings. The van der Waals surface area contributed by atoms with Crippen LogP contribution in [-0.2, 0) is 16.4 Å². The number of hydrogen-bond donors (Lipinski definition) is 1. The first-order valence-corrected chi connectivity index (χ1v) is 12.1. The summed E-state index contributed by atoms with van der Waals surface area (Å²) < 4.78 is 41.2. The first kappa shape index (κ1) is 22.3. The van der Waals surface area contributed by atoms with Gasteiger partial charge in [-0.3, -0.25) is 9.52 Å². The van der Waals surface area contributed by atoms with Gasteiger partial charge in [0.05, 0.1) is 10.6 Å². The average Bonchev–Trinajstić information content (AvgIpc) is 3.24. The number of halogens is 2. The standard InChI is InChI=1S/C24H22ClFN2O3S/c25-21-8-2-1-6-18(21)16-19-7-5-15-28(19)24(29)17-11-13-20(14-12-17)32(30,31)27-23-10-4-3-9-22(23)26/h1-4,6,8-14,19,27H,5,7,15-16H2. The zero-order chi connectivity index (χ0) is 22.7. The summed E-state index contributed by atoms with van der Waals surface area (Å²) in [5.74, 6) is -0.813. The topological polar surface area (TPSA) is 66.5 Å². The molecule has 4 rings (SSSR count). The Kier molecular flexibility index (Phi) is 6.48. The van der Waals surface area contributed by atoms with Crippen LogP contribution in [0.4, 0.5) is 10.1 Å². The number of nitrogens with zero attached hydrogens (tertiary/aromatic N) is 1. The van der Waals surface area contributed by atoms with Gasteiger partial charge in [-0.25, -0.2) is 12.8 Å². The molecule has 0 aliphatic carbocycles. The van der Waals surface area contributed by atoms with Crippen LogP contribution in [0.2, 0.25) is 5.02 Å². The number of amides is 1. The molecule has 0 spiro atoms. The van der Waals surface area contributed by atoms with Crippen LogP contribution in [0, 0.1) is 5.82 Å². The van der Waals surface area contributed by atoms with Crippen LogP contribution in [-0.4, -0.2) is 31.8 Å². The molecule has 1 saturated heterocycles. The smallest absolute Gasteiger partial charge is 0.261 e. The maximum Gasteiger partial charge on any atom is 0.261 e. The lowest BCUT2D eigenvalue weighted by Crippen LogP contribution is -2.36. The highest BCUT2D eigenvalue weighted by molar-refractivity contribution is 7.92. The number of anilines is 1. The van der Waals surface area contributed by atoms with Crippen molar-refractivity contribution in [3.63, 3.8) is 0 Å². The second-order valence-electron chi connectivity index (χ2n) is 7.70. The second-order valence-corrected chi connectivity index (χ2v) is 9.79. The van der Waals surface area contributed by atoms with Crippen molar-refractivity contribution in [3.8, 4) is 0 Å². The van der Waals surface area contributed by atoms with Crippen molar-refractivity contribution in [1.82, 2.24) is 4.90 Å². The molecule has 32 heavy (non-hydrogen) atoms. The predicted octanol–water partition coefficient (Wildman–Crippen LogP) is 5.13. The fourth-order valence-corrected chi connectivity index (χ4v) is 5.20. The molecular weight excluding hydrogens is 451 g/mol. The van der Waals surface area contributed by atoms with E-state index in [2.05, 4.69) is 4.72 Å². The Morgan fingerprint density at radius 3 is 2.44 bits per heavy atom. The SMILES string of the molecule is O=C(c1ccc(S(=O)(=O)Nc2ccccc2F)cc1)N1CCCC1Cc1ccccc1Cl. The minimum Gasteiger partial charge on any atom is -0.335 e. The van der Waals surface area contributed by atoms with Crippen molar-refractivity contribution >= 4 is 33.2 Å². The molecular formula is C24H22ClFN2O3S. The zero-order valence-corrected chi connectivity index (χ0v) is 18.7. The zero-order valence-electron chi connectivity index (χ0n) is 17.2. The first-order valence-electron chi connectivity index (χ1n) is 10.3. The van der Waals surface area contributed by atoms with Crippen LogP contribution in [0.3, 0.4) is 0 Å². The number of rotatable bonds is 6. The number of likely N-dealkylation sites (tertiary alicyclic amines) is 1. The molecule has 3 aromatic carbocycles. The van der Waals surface area contributed by atoms with E-state index in [0.717, 1.165) is 18.4 Å². The number of sulfonamides is 1. The van der Waals surface area contributed by atoms with Crippen molar-refractivity contribution in [3.05, 3.63) is 94.8 Å². The number of benzene rings is 3. The molecule has 1 N–H and O–H groups in total. The van der Waals surface area contributed by atoms with Gasteiger partial charge in [0.2, 0.25) is 0 Å². The minimum absolute atomic E-state index is 0.0357. The molecule has 1 unspecified atom stereocenters. The third-order valence-electron chi connectivity index (χ3n) is 5.58. The third-order valence-corrected chi connectivity index (χ3v) is 7.33. The van der Waals surface area contributed by atoms with E-state index in [4.69, 9.17) is 11.6 Å². The quantitative estimate of drug-likeness (QED) is 0.541. The van der Waals surface area contributed by atoms with Gasteiger partial charge in [0.25, 0.3) is 15.9 Å². The predicted molar refractivity (Wildman–Crippen MR) is 123 cm³/mol. The number of para-hydroxylation sites is 1. The Morgan fingerprint density at radius 1 is 1.03 bits per heavy atom. The molecule has 166 valence electrons. The van der Waals surface area contributed by atoms with Crippen LogP contribution < -0.4 is 4.72 Å². The molecule has 0 bridgehead atoms. The summed E-state index contributed by atoms with van der Waals surface area (Å²) in [6.07, 6.45) is 2.46. The molecule has 0 saturated carbocycles. The van der Waals surface area contributed by atoms with Crippen molar-refractivity contribution < 1.29 is 17.6 Å². The minimum atomic E-state index is -3.98. The number of carbonyl (C=O) groups excluding carboxylic acids is 1. The fraction of sp³-hybridized carbons (Fsp3) is 0.208. The maximum absolute atomic E-state index is 13.8. The maximum atomic E-state index is 13.8. The molecule has 5 nitrogen and oxygen atoms in total. The lowest BCUT2D eigenvalue weighted by atomic mass is 10.0. The van der Waals surface area contributed by atoms with E-state index in [0.29, 0.717) is 23.6 Å². The highest BCUT2D eigenvalue weighted by atomic mass is 35.5. The molecule has 1 amide bonds. The van der Waals surface area contributed by atoms with Gasteiger partial charge in [-0.15, -0.1) is 0 Å². The molecule has 1 atom stereocenters. The van der Waals surface area contributed by atoms with E-state index in [9.17, 15) is 17.6 Å². The number of hydrogen-bond acceptors (Lipinski definition) is 3. The first-order chi connectivity index (χ1) is 15.3. The third kappa shape index (κ3) is 4.79. The van der Waals surface area contributed by atoms with E-state index in [1.54, 1.807) is 0 Å². The average molecular weight is 473 g/mol. The Balaban J connectivity index is 1.49. The van der Waals surface area contributed by atoms with Crippen molar-refractivity contribution in [2.24, 2.45) is 0 Å². The van der Waals surface area contributed by atoms with E-state index >= 15 is 0 Å². The van der Waals surface area contributed by atoms with Crippen molar-refractivity contribution in [1.29, 1.82) is 0 Å². The molecule has 1 aliphatic heterocycles. The van der Waals surface area contributed by atoms with Gasteiger partial charge in [0.15, 0.2) is 0 Å². The summed E-state index contributed by atoms with van der Waals surface area (Å²) in [7, 11) is -3.98. The van der Waals surface area contributed by atoms with Crippen LogP contribution >= 0.6 is 11.6 Å².